The third-order valence-electron chi connectivity index (χ3n) is 3.29. The first-order chi connectivity index (χ1) is 11.5. The standard InChI is InChI=1S/C17H13Cl2N3O2/c1-10(16(23)22-13-7-11(18)6-12(19)8-13)24-17-14-4-2-3-5-15(14)20-9-21-17/h2-10H,1H3,(H,22,23). The van der Waals surface area contributed by atoms with E-state index in [4.69, 9.17) is 27.9 Å². The summed E-state index contributed by atoms with van der Waals surface area (Å²) in [5.41, 5.74) is 1.25. The predicted molar refractivity (Wildman–Crippen MR) is 94.7 cm³/mol. The molecule has 1 atom stereocenters. The maximum atomic E-state index is 12.3. The van der Waals surface area contributed by atoms with Gasteiger partial charge >= 0.3 is 0 Å². The minimum absolute atomic E-state index is 0.337. The van der Waals surface area contributed by atoms with E-state index in [-0.39, 0.29) is 5.91 Å². The summed E-state index contributed by atoms with van der Waals surface area (Å²) in [4.78, 5) is 20.6. The van der Waals surface area contributed by atoms with Crippen LogP contribution in [-0.4, -0.2) is 22.0 Å². The fraction of sp³-hybridized carbons (Fsp3) is 0.118. The molecule has 0 bridgehead atoms. The number of aromatic nitrogens is 2. The van der Waals surface area contributed by atoms with E-state index in [2.05, 4.69) is 15.3 Å². The van der Waals surface area contributed by atoms with Crippen molar-refractivity contribution in [2.75, 3.05) is 5.32 Å². The highest BCUT2D eigenvalue weighted by atomic mass is 35.5. The SMILES string of the molecule is CC(Oc1ncnc2ccccc12)C(=O)Nc1cc(Cl)cc(Cl)c1. The van der Waals surface area contributed by atoms with Gasteiger partial charge in [0, 0.05) is 15.7 Å². The maximum absolute atomic E-state index is 12.3. The Bertz CT molecular complexity index is 876. The zero-order chi connectivity index (χ0) is 17.1. The van der Waals surface area contributed by atoms with Crippen molar-refractivity contribution in [3.05, 3.63) is 58.8 Å². The lowest BCUT2D eigenvalue weighted by atomic mass is 10.2. The molecule has 3 rings (SSSR count). The van der Waals surface area contributed by atoms with Gasteiger partial charge in [0.25, 0.3) is 5.91 Å². The normalized spacial score (nSPS) is 12.0. The summed E-state index contributed by atoms with van der Waals surface area (Å²) in [6, 6.07) is 12.2. The fourth-order valence-electron chi connectivity index (χ4n) is 2.16. The number of hydrogen-bond acceptors (Lipinski definition) is 4. The summed E-state index contributed by atoms with van der Waals surface area (Å²) in [5, 5.41) is 4.33. The Morgan fingerprint density at radius 3 is 2.58 bits per heavy atom. The molecule has 5 nitrogen and oxygen atoms in total. The van der Waals surface area contributed by atoms with Gasteiger partial charge in [0.05, 0.1) is 10.9 Å². The Hall–Kier alpha value is -2.37. The number of fused-ring (bicyclic) bond motifs is 1. The Balaban J connectivity index is 1.76. The van der Waals surface area contributed by atoms with Gasteiger partial charge in [0.2, 0.25) is 5.88 Å². The highest BCUT2D eigenvalue weighted by Gasteiger charge is 2.17. The van der Waals surface area contributed by atoms with E-state index < -0.39 is 6.10 Å². The molecule has 1 aromatic heterocycles. The second-order valence-corrected chi connectivity index (χ2v) is 5.98. The van der Waals surface area contributed by atoms with Crippen molar-refractivity contribution in [3.8, 4) is 5.88 Å². The van der Waals surface area contributed by atoms with Crippen LogP contribution in [0.3, 0.4) is 0 Å². The monoisotopic (exact) mass is 361 g/mol. The number of anilines is 1. The van der Waals surface area contributed by atoms with Gasteiger partial charge in [0.1, 0.15) is 6.33 Å². The number of rotatable bonds is 4. The molecule has 0 aliphatic rings. The van der Waals surface area contributed by atoms with E-state index in [9.17, 15) is 4.79 Å². The van der Waals surface area contributed by atoms with E-state index in [1.54, 1.807) is 25.1 Å². The van der Waals surface area contributed by atoms with E-state index >= 15 is 0 Å². The van der Waals surface area contributed by atoms with Crippen LogP contribution in [0.5, 0.6) is 5.88 Å². The average Bonchev–Trinajstić information content (AvgIpc) is 2.54. The molecule has 2 aromatic carbocycles. The summed E-state index contributed by atoms with van der Waals surface area (Å²) in [5.74, 6) is 0.0170. The molecule has 0 fully saturated rings. The molecular formula is C17H13Cl2N3O2. The number of carbonyl (C=O) groups is 1. The Kier molecular flexibility index (Phi) is 4.83. The summed E-state index contributed by atoms with van der Waals surface area (Å²) >= 11 is 11.8. The molecule has 3 aromatic rings. The van der Waals surface area contributed by atoms with Gasteiger partial charge in [-0.2, -0.15) is 0 Å². The van der Waals surface area contributed by atoms with Crippen LogP contribution in [-0.2, 0) is 4.79 Å². The third-order valence-corrected chi connectivity index (χ3v) is 3.73. The first kappa shape index (κ1) is 16.5. The van der Waals surface area contributed by atoms with Crippen LogP contribution >= 0.6 is 23.2 Å². The zero-order valence-electron chi connectivity index (χ0n) is 12.7. The minimum Gasteiger partial charge on any atom is -0.464 e. The summed E-state index contributed by atoms with van der Waals surface area (Å²) in [6.45, 7) is 1.64. The quantitative estimate of drug-likeness (QED) is 0.750. The van der Waals surface area contributed by atoms with Crippen molar-refractivity contribution in [3.63, 3.8) is 0 Å². The first-order valence-electron chi connectivity index (χ1n) is 7.16. The predicted octanol–water partition coefficient (Wildman–Crippen LogP) is 4.34. The molecule has 24 heavy (non-hydrogen) atoms. The Labute approximate surface area is 148 Å². The van der Waals surface area contributed by atoms with Gasteiger partial charge in [-0.25, -0.2) is 9.97 Å². The summed E-state index contributed by atoms with van der Waals surface area (Å²) in [6.07, 6.45) is 0.639. The van der Waals surface area contributed by atoms with Crippen LogP contribution in [0.25, 0.3) is 10.9 Å². The van der Waals surface area contributed by atoms with Crippen molar-refractivity contribution < 1.29 is 9.53 Å². The topological polar surface area (TPSA) is 64.1 Å². The van der Waals surface area contributed by atoms with Crippen LogP contribution in [0.2, 0.25) is 10.0 Å². The third kappa shape index (κ3) is 3.75. The Morgan fingerprint density at radius 2 is 1.83 bits per heavy atom. The molecule has 1 amide bonds. The van der Waals surface area contributed by atoms with E-state index in [1.807, 2.05) is 24.3 Å². The van der Waals surface area contributed by atoms with E-state index in [0.717, 1.165) is 10.9 Å². The van der Waals surface area contributed by atoms with Crippen molar-refractivity contribution in [2.45, 2.75) is 13.0 Å². The first-order valence-corrected chi connectivity index (χ1v) is 7.92. The number of halogens is 2. The van der Waals surface area contributed by atoms with Crippen molar-refractivity contribution in [2.24, 2.45) is 0 Å². The second kappa shape index (κ2) is 7.03. The molecule has 0 spiro atoms. The van der Waals surface area contributed by atoms with E-state index in [0.29, 0.717) is 21.6 Å². The van der Waals surface area contributed by atoms with Crippen molar-refractivity contribution >= 4 is 45.7 Å². The number of hydrogen-bond donors (Lipinski definition) is 1. The molecule has 0 radical (unpaired) electrons. The lowest BCUT2D eigenvalue weighted by molar-refractivity contribution is -0.122. The molecule has 0 aliphatic heterocycles. The number of amides is 1. The molecule has 0 saturated heterocycles. The summed E-state index contributed by atoms with van der Waals surface area (Å²) < 4.78 is 5.69. The largest absolute Gasteiger partial charge is 0.464 e. The number of ether oxygens (including phenoxy) is 1. The fourth-order valence-corrected chi connectivity index (χ4v) is 2.69. The van der Waals surface area contributed by atoms with Crippen LogP contribution in [0, 0.1) is 0 Å². The van der Waals surface area contributed by atoms with Gasteiger partial charge in [-0.05, 0) is 37.3 Å². The Morgan fingerprint density at radius 1 is 1.12 bits per heavy atom. The minimum atomic E-state index is -0.763. The number of carbonyl (C=O) groups excluding carboxylic acids is 1. The van der Waals surface area contributed by atoms with Gasteiger partial charge in [-0.1, -0.05) is 35.3 Å². The van der Waals surface area contributed by atoms with Gasteiger partial charge in [-0.3, -0.25) is 4.79 Å². The summed E-state index contributed by atoms with van der Waals surface area (Å²) in [7, 11) is 0. The maximum Gasteiger partial charge on any atom is 0.265 e. The van der Waals surface area contributed by atoms with Gasteiger partial charge < -0.3 is 10.1 Å². The average molecular weight is 362 g/mol. The van der Waals surface area contributed by atoms with Crippen LogP contribution in [0.1, 0.15) is 6.92 Å². The number of para-hydroxylation sites is 1. The van der Waals surface area contributed by atoms with Gasteiger partial charge in [0.15, 0.2) is 6.10 Å². The number of benzene rings is 2. The molecule has 1 N–H and O–H groups in total. The second-order valence-electron chi connectivity index (χ2n) is 5.10. The molecule has 122 valence electrons. The number of nitrogens with zero attached hydrogens (tertiary/aromatic N) is 2. The van der Waals surface area contributed by atoms with Crippen LogP contribution in [0.15, 0.2) is 48.8 Å². The molecule has 1 unspecified atom stereocenters. The molecule has 0 saturated carbocycles. The van der Waals surface area contributed by atoms with E-state index in [1.165, 1.54) is 6.33 Å². The lowest BCUT2D eigenvalue weighted by Gasteiger charge is -2.15. The molecule has 1 heterocycles. The highest BCUT2D eigenvalue weighted by molar-refractivity contribution is 6.35. The van der Waals surface area contributed by atoms with Crippen molar-refractivity contribution in [1.29, 1.82) is 0 Å². The zero-order valence-corrected chi connectivity index (χ0v) is 14.2. The molecular weight excluding hydrogens is 349 g/mol. The number of nitrogens with one attached hydrogen (secondary N) is 1. The highest BCUT2D eigenvalue weighted by Crippen LogP contribution is 2.24. The molecule has 7 heteroatoms. The molecule has 0 aliphatic carbocycles. The smallest absolute Gasteiger partial charge is 0.265 e. The van der Waals surface area contributed by atoms with Crippen LogP contribution < -0.4 is 10.1 Å². The van der Waals surface area contributed by atoms with Crippen molar-refractivity contribution in [1.82, 2.24) is 9.97 Å². The lowest BCUT2D eigenvalue weighted by Crippen LogP contribution is -2.30. The van der Waals surface area contributed by atoms with Gasteiger partial charge in [-0.15, -0.1) is 0 Å². The van der Waals surface area contributed by atoms with Crippen LogP contribution in [0.4, 0.5) is 5.69 Å².